The van der Waals surface area contributed by atoms with E-state index in [1.165, 1.54) is 18.2 Å². The Morgan fingerprint density at radius 2 is 1.43 bits per heavy atom. The number of ether oxygens (including phenoxy) is 1. The molecule has 0 saturated carbocycles. The van der Waals surface area contributed by atoms with Crippen LogP contribution in [-0.2, 0) is 35.4 Å². The number of hydrogen-bond donors (Lipinski definition) is 2. The van der Waals surface area contributed by atoms with Crippen molar-refractivity contribution in [1.29, 1.82) is 0 Å². The molecule has 0 aliphatic heterocycles. The van der Waals surface area contributed by atoms with E-state index >= 15 is 0 Å². The first-order valence-electron chi connectivity index (χ1n) is 16.5. The smallest absolute Gasteiger partial charge is 0.416 e. The molecule has 0 unspecified atom stereocenters. The molecule has 0 atom stereocenters. The van der Waals surface area contributed by atoms with Crippen LogP contribution in [0.25, 0.3) is 21.9 Å². The van der Waals surface area contributed by atoms with Crippen LogP contribution >= 0.6 is 0 Å². The molecule has 6 aromatic carbocycles. The van der Waals surface area contributed by atoms with Crippen molar-refractivity contribution in [2.75, 3.05) is 4.90 Å². The van der Waals surface area contributed by atoms with E-state index in [4.69, 9.17) is 10.5 Å². The number of fused-ring (bicyclic) bond motifs is 1. The molecule has 2 amide bonds. The van der Waals surface area contributed by atoms with Crippen LogP contribution < -0.4 is 20.7 Å². The lowest BCUT2D eigenvalue weighted by Crippen LogP contribution is -2.32. The van der Waals surface area contributed by atoms with Crippen LogP contribution in [0.4, 0.5) is 18.9 Å². The van der Waals surface area contributed by atoms with Crippen LogP contribution in [0.1, 0.15) is 35.1 Å². The molecule has 0 aliphatic carbocycles. The standard InChI is InChI=1S/C42H36F3N3O3/c43-42(44,45)37-16-4-2-11-33(37)27-47-40(49)23-24-41(50)48(38-17-5-6-18-39(38)51-34-13-7-9-30(25-34)26-46)28-29-19-21-32(22-20-29)36-15-8-12-31-10-1-3-14-35(31)36/h1-22,25H,23-24,26-28,46H2,(H,47,49). The summed E-state index contributed by atoms with van der Waals surface area (Å²) in [6.07, 6.45) is -4.95. The zero-order valence-corrected chi connectivity index (χ0v) is 27.7. The summed E-state index contributed by atoms with van der Waals surface area (Å²) >= 11 is 0. The summed E-state index contributed by atoms with van der Waals surface area (Å²) in [6, 6.07) is 41.9. The average molecular weight is 688 g/mol. The van der Waals surface area contributed by atoms with Crippen molar-refractivity contribution in [2.24, 2.45) is 5.73 Å². The molecule has 0 saturated heterocycles. The summed E-state index contributed by atoms with van der Waals surface area (Å²) < 4.78 is 46.6. The molecule has 0 aliphatic rings. The molecule has 6 rings (SSSR count). The second-order valence-electron chi connectivity index (χ2n) is 12.1. The van der Waals surface area contributed by atoms with Crippen LogP contribution in [-0.4, -0.2) is 11.8 Å². The lowest BCUT2D eigenvalue weighted by molar-refractivity contribution is -0.138. The van der Waals surface area contributed by atoms with E-state index in [1.54, 1.807) is 35.2 Å². The SMILES string of the molecule is NCc1cccc(Oc2ccccc2N(Cc2ccc(-c3cccc4ccccc34)cc2)C(=O)CCC(=O)NCc2ccccc2C(F)(F)F)c1. The molecule has 6 nitrogen and oxygen atoms in total. The van der Waals surface area contributed by atoms with Gasteiger partial charge in [-0.15, -0.1) is 0 Å². The van der Waals surface area contributed by atoms with Crippen molar-refractivity contribution in [3.63, 3.8) is 0 Å². The van der Waals surface area contributed by atoms with Gasteiger partial charge in [0.15, 0.2) is 5.75 Å². The normalized spacial score (nSPS) is 11.3. The molecular formula is C42H36F3N3O3. The number of alkyl halides is 3. The highest BCUT2D eigenvalue weighted by atomic mass is 19.4. The number of benzene rings is 6. The predicted molar refractivity (Wildman–Crippen MR) is 194 cm³/mol. The summed E-state index contributed by atoms with van der Waals surface area (Å²) in [5.74, 6) is 0.0879. The first-order valence-corrected chi connectivity index (χ1v) is 16.5. The number of para-hydroxylation sites is 2. The summed E-state index contributed by atoms with van der Waals surface area (Å²) in [4.78, 5) is 28.4. The third kappa shape index (κ3) is 8.63. The van der Waals surface area contributed by atoms with Gasteiger partial charge in [-0.05, 0) is 68.9 Å². The number of hydrogen-bond acceptors (Lipinski definition) is 4. The summed E-state index contributed by atoms with van der Waals surface area (Å²) in [6.45, 7) is 0.203. The molecule has 0 spiro atoms. The number of rotatable bonds is 12. The van der Waals surface area contributed by atoms with Gasteiger partial charge >= 0.3 is 6.18 Å². The minimum atomic E-state index is -4.55. The molecule has 3 N–H and O–H groups in total. The molecule has 0 aromatic heterocycles. The number of halogens is 3. The Morgan fingerprint density at radius 3 is 2.24 bits per heavy atom. The van der Waals surface area contributed by atoms with Crippen molar-refractivity contribution in [3.8, 4) is 22.6 Å². The molecule has 0 bridgehead atoms. The lowest BCUT2D eigenvalue weighted by Gasteiger charge is -2.25. The highest BCUT2D eigenvalue weighted by Gasteiger charge is 2.33. The Morgan fingerprint density at radius 1 is 0.725 bits per heavy atom. The van der Waals surface area contributed by atoms with Gasteiger partial charge in [0.2, 0.25) is 11.8 Å². The Labute approximate surface area is 294 Å². The fourth-order valence-electron chi connectivity index (χ4n) is 5.98. The molecular weight excluding hydrogens is 651 g/mol. The van der Waals surface area contributed by atoms with Gasteiger partial charge in [0, 0.05) is 25.9 Å². The predicted octanol–water partition coefficient (Wildman–Crippen LogP) is 9.41. The van der Waals surface area contributed by atoms with Gasteiger partial charge in [0.25, 0.3) is 0 Å². The molecule has 258 valence electrons. The van der Waals surface area contributed by atoms with E-state index < -0.39 is 17.6 Å². The van der Waals surface area contributed by atoms with Gasteiger partial charge in [0.1, 0.15) is 5.75 Å². The summed E-state index contributed by atoms with van der Waals surface area (Å²) in [5.41, 5.74) is 9.32. The van der Waals surface area contributed by atoms with E-state index in [-0.39, 0.29) is 37.4 Å². The Bertz CT molecular complexity index is 2140. The van der Waals surface area contributed by atoms with Gasteiger partial charge in [-0.3, -0.25) is 9.59 Å². The van der Waals surface area contributed by atoms with Crippen molar-refractivity contribution in [2.45, 2.75) is 38.7 Å². The number of carbonyl (C=O) groups excluding carboxylic acids is 2. The van der Waals surface area contributed by atoms with Gasteiger partial charge in [-0.25, -0.2) is 0 Å². The summed E-state index contributed by atoms with van der Waals surface area (Å²) in [7, 11) is 0. The first kappa shape index (κ1) is 34.9. The largest absolute Gasteiger partial charge is 0.455 e. The second kappa shape index (κ2) is 15.7. The number of nitrogens with zero attached hydrogens (tertiary/aromatic N) is 1. The highest BCUT2D eigenvalue weighted by Crippen LogP contribution is 2.35. The van der Waals surface area contributed by atoms with Crippen LogP contribution in [0.2, 0.25) is 0 Å². The maximum Gasteiger partial charge on any atom is 0.416 e. The monoisotopic (exact) mass is 687 g/mol. The Balaban J connectivity index is 1.23. The molecule has 51 heavy (non-hydrogen) atoms. The zero-order chi connectivity index (χ0) is 35.8. The number of nitrogens with two attached hydrogens (primary N) is 1. The highest BCUT2D eigenvalue weighted by molar-refractivity contribution is 5.98. The van der Waals surface area contributed by atoms with Crippen molar-refractivity contribution in [3.05, 3.63) is 162 Å². The minimum absolute atomic E-state index is 0.0527. The Kier molecular flexibility index (Phi) is 10.8. The van der Waals surface area contributed by atoms with Gasteiger partial charge in [-0.1, -0.05) is 109 Å². The third-order valence-corrected chi connectivity index (χ3v) is 8.58. The topological polar surface area (TPSA) is 84.7 Å². The minimum Gasteiger partial charge on any atom is -0.455 e. The maximum absolute atomic E-state index is 14.0. The number of carbonyl (C=O) groups is 2. The lowest BCUT2D eigenvalue weighted by atomic mass is 9.97. The van der Waals surface area contributed by atoms with E-state index in [9.17, 15) is 22.8 Å². The average Bonchev–Trinajstić information content (AvgIpc) is 3.15. The van der Waals surface area contributed by atoms with Gasteiger partial charge < -0.3 is 20.7 Å². The Hall–Kier alpha value is -5.93. The van der Waals surface area contributed by atoms with Gasteiger partial charge in [0.05, 0.1) is 17.8 Å². The molecule has 9 heteroatoms. The van der Waals surface area contributed by atoms with Crippen LogP contribution in [0.15, 0.2) is 140 Å². The first-order chi connectivity index (χ1) is 24.7. The van der Waals surface area contributed by atoms with Crippen LogP contribution in [0.3, 0.4) is 0 Å². The maximum atomic E-state index is 14.0. The van der Waals surface area contributed by atoms with Crippen LogP contribution in [0.5, 0.6) is 11.5 Å². The van der Waals surface area contributed by atoms with E-state index in [0.29, 0.717) is 23.7 Å². The van der Waals surface area contributed by atoms with E-state index in [1.807, 2.05) is 60.7 Å². The van der Waals surface area contributed by atoms with Crippen molar-refractivity contribution in [1.82, 2.24) is 5.32 Å². The molecule has 6 aromatic rings. The fourth-order valence-corrected chi connectivity index (χ4v) is 5.98. The molecule has 0 fully saturated rings. The van der Waals surface area contributed by atoms with Crippen LogP contribution in [0, 0.1) is 0 Å². The third-order valence-electron chi connectivity index (χ3n) is 8.58. The molecule has 0 radical (unpaired) electrons. The summed E-state index contributed by atoms with van der Waals surface area (Å²) in [5, 5.41) is 4.81. The van der Waals surface area contributed by atoms with Gasteiger partial charge in [-0.2, -0.15) is 13.2 Å². The second-order valence-corrected chi connectivity index (χ2v) is 12.1. The quantitative estimate of drug-likeness (QED) is 0.134. The van der Waals surface area contributed by atoms with Crippen molar-refractivity contribution < 1.29 is 27.5 Å². The molecule has 0 heterocycles. The van der Waals surface area contributed by atoms with Crippen molar-refractivity contribution >= 4 is 28.3 Å². The number of anilines is 1. The van der Waals surface area contributed by atoms with E-state index in [0.717, 1.165) is 39.1 Å². The number of amides is 2. The van der Waals surface area contributed by atoms with E-state index in [2.05, 4.69) is 29.6 Å². The number of nitrogens with one attached hydrogen (secondary N) is 1. The fraction of sp³-hybridized carbons (Fsp3) is 0.143. The zero-order valence-electron chi connectivity index (χ0n) is 27.7.